The van der Waals surface area contributed by atoms with Crippen LogP contribution in [0.4, 0.5) is 0 Å². The van der Waals surface area contributed by atoms with Gasteiger partial charge in [0.2, 0.25) is 0 Å². The summed E-state index contributed by atoms with van der Waals surface area (Å²) in [4.78, 5) is 0. The van der Waals surface area contributed by atoms with Crippen LogP contribution in [0.2, 0.25) is 0 Å². The number of aliphatic hydroxyl groups excluding tert-OH is 1. The number of hydrogen-bond donors (Lipinski definition) is 1. The first-order chi connectivity index (χ1) is 4.16. The Hall–Kier alpha value is 0.310. The summed E-state index contributed by atoms with van der Waals surface area (Å²) in [7, 11) is 0. The lowest BCUT2D eigenvalue weighted by Crippen LogP contribution is -2.09. The Morgan fingerprint density at radius 3 is 2.33 bits per heavy atom. The topological polar surface area (TPSA) is 20.2 Å². The monoisotopic (exact) mass is 148 g/mol. The van der Waals surface area contributed by atoms with E-state index in [0.717, 1.165) is 12.2 Å². The second-order valence-electron chi connectivity index (χ2n) is 2.44. The molecule has 0 aromatic rings. The molecule has 1 N–H and O–H groups in total. The van der Waals surface area contributed by atoms with E-state index >= 15 is 0 Å². The molecular formula is C7H16OS. The summed E-state index contributed by atoms with van der Waals surface area (Å²) in [5.74, 6) is 0.883. The summed E-state index contributed by atoms with van der Waals surface area (Å²) in [6.45, 7) is 6.30. The fourth-order valence-corrected chi connectivity index (χ4v) is 1.26. The van der Waals surface area contributed by atoms with Crippen molar-refractivity contribution in [2.24, 2.45) is 0 Å². The van der Waals surface area contributed by atoms with Gasteiger partial charge in [0.25, 0.3) is 0 Å². The van der Waals surface area contributed by atoms with Gasteiger partial charge >= 0.3 is 0 Å². The molecule has 0 aromatic carbocycles. The van der Waals surface area contributed by atoms with E-state index in [1.807, 2.05) is 18.7 Å². The van der Waals surface area contributed by atoms with Crippen molar-refractivity contribution in [3.8, 4) is 0 Å². The first-order valence-corrected chi connectivity index (χ1v) is 4.51. The van der Waals surface area contributed by atoms with Crippen LogP contribution in [-0.4, -0.2) is 22.2 Å². The molecule has 1 atom stereocenters. The molecular weight excluding hydrogens is 132 g/mol. The van der Waals surface area contributed by atoms with Gasteiger partial charge in [0.15, 0.2) is 0 Å². The quantitative estimate of drug-likeness (QED) is 0.657. The van der Waals surface area contributed by atoms with Crippen LogP contribution in [0, 0.1) is 0 Å². The molecule has 0 heterocycles. The third-order valence-electron chi connectivity index (χ3n) is 1.09. The van der Waals surface area contributed by atoms with Gasteiger partial charge in [0, 0.05) is 5.75 Å². The van der Waals surface area contributed by atoms with Crippen molar-refractivity contribution in [2.45, 2.75) is 38.5 Å². The SMILES string of the molecule is CC[C@@H](O)CSC(C)C. The fourth-order valence-electron chi connectivity index (χ4n) is 0.421. The van der Waals surface area contributed by atoms with Crippen molar-refractivity contribution < 1.29 is 5.11 Å². The molecule has 0 aliphatic heterocycles. The van der Waals surface area contributed by atoms with E-state index in [9.17, 15) is 0 Å². The first-order valence-electron chi connectivity index (χ1n) is 3.46. The Morgan fingerprint density at radius 1 is 1.44 bits per heavy atom. The highest BCUT2D eigenvalue weighted by atomic mass is 32.2. The molecule has 0 aliphatic rings. The van der Waals surface area contributed by atoms with E-state index in [-0.39, 0.29) is 6.10 Å². The van der Waals surface area contributed by atoms with Crippen molar-refractivity contribution in [2.75, 3.05) is 5.75 Å². The molecule has 9 heavy (non-hydrogen) atoms. The lowest BCUT2D eigenvalue weighted by Gasteiger charge is -2.08. The Morgan fingerprint density at radius 2 is 2.00 bits per heavy atom. The highest BCUT2D eigenvalue weighted by Crippen LogP contribution is 2.11. The molecule has 1 nitrogen and oxygen atoms in total. The first kappa shape index (κ1) is 9.31. The molecule has 0 rings (SSSR count). The van der Waals surface area contributed by atoms with Crippen molar-refractivity contribution in [3.05, 3.63) is 0 Å². The zero-order valence-corrected chi connectivity index (χ0v) is 7.24. The van der Waals surface area contributed by atoms with Gasteiger partial charge in [-0.2, -0.15) is 11.8 Å². The second kappa shape index (κ2) is 5.12. The van der Waals surface area contributed by atoms with Gasteiger partial charge in [-0.05, 0) is 11.7 Å². The lowest BCUT2D eigenvalue weighted by molar-refractivity contribution is 0.195. The lowest BCUT2D eigenvalue weighted by atomic mass is 10.3. The molecule has 0 radical (unpaired) electrons. The summed E-state index contributed by atoms with van der Waals surface area (Å²) >= 11 is 1.81. The van der Waals surface area contributed by atoms with E-state index in [4.69, 9.17) is 5.11 Å². The average molecular weight is 148 g/mol. The number of hydrogen-bond acceptors (Lipinski definition) is 2. The summed E-state index contributed by atoms with van der Waals surface area (Å²) in [5, 5.41) is 9.73. The van der Waals surface area contributed by atoms with Gasteiger partial charge in [-0.1, -0.05) is 20.8 Å². The highest BCUT2D eigenvalue weighted by molar-refractivity contribution is 7.99. The molecule has 0 saturated heterocycles. The molecule has 0 aliphatic carbocycles. The number of thioether (sulfide) groups is 1. The molecule has 0 unspecified atom stereocenters. The third-order valence-corrected chi connectivity index (χ3v) is 2.34. The maximum atomic E-state index is 9.09. The Bertz CT molecular complexity index is 63.9. The van der Waals surface area contributed by atoms with Crippen molar-refractivity contribution in [1.29, 1.82) is 0 Å². The average Bonchev–Trinajstić information content (AvgIpc) is 1.83. The third kappa shape index (κ3) is 6.19. The van der Waals surface area contributed by atoms with Crippen LogP contribution in [0.5, 0.6) is 0 Å². The molecule has 0 spiro atoms. The van der Waals surface area contributed by atoms with Crippen molar-refractivity contribution >= 4 is 11.8 Å². The summed E-state index contributed by atoms with van der Waals surface area (Å²) in [5.41, 5.74) is 0. The summed E-state index contributed by atoms with van der Waals surface area (Å²) < 4.78 is 0. The Balaban J connectivity index is 3.06. The predicted octanol–water partition coefficient (Wildman–Crippen LogP) is 1.90. The van der Waals surface area contributed by atoms with Gasteiger partial charge in [-0.3, -0.25) is 0 Å². The van der Waals surface area contributed by atoms with Crippen molar-refractivity contribution in [1.82, 2.24) is 0 Å². The normalized spacial score (nSPS) is 14.3. The van der Waals surface area contributed by atoms with E-state index in [0.29, 0.717) is 5.25 Å². The van der Waals surface area contributed by atoms with Crippen LogP contribution < -0.4 is 0 Å². The maximum absolute atomic E-state index is 9.09. The van der Waals surface area contributed by atoms with E-state index in [2.05, 4.69) is 13.8 Å². The van der Waals surface area contributed by atoms with E-state index in [1.165, 1.54) is 0 Å². The molecule has 0 fully saturated rings. The zero-order chi connectivity index (χ0) is 7.28. The van der Waals surface area contributed by atoms with Crippen LogP contribution in [0.3, 0.4) is 0 Å². The minimum atomic E-state index is -0.0996. The minimum Gasteiger partial charge on any atom is -0.392 e. The van der Waals surface area contributed by atoms with Gasteiger partial charge in [0.1, 0.15) is 0 Å². The van der Waals surface area contributed by atoms with E-state index < -0.39 is 0 Å². The van der Waals surface area contributed by atoms with E-state index in [1.54, 1.807) is 0 Å². The van der Waals surface area contributed by atoms with Crippen molar-refractivity contribution in [3.63, 3.8) is 0 Å². The molecule has 0 aromatic heterocycles. The van der Waals surface area contributed by atoms with Crippen LogP contribution in [0.25, 0.3) is 0 Å². The summed E-state index contributed by atoms with van der Waals surface area (Å²) in [6, 6.07) is 0. The zero-order valence-electron chi connectivity index (χ0n) is 6.42. The van der Waals surface area contributed by atoms with Crippen LogP contribution in [0.1, 0.15) is 27.2 Å². The van der Waals surface area contributed by atoms with Gasteiger partial charge in [-0.15, -0.1) is 0 Å². The second-order valence-corrected chi connectivity index (χ2v) is 4.05. The molecule has 0 amide bonds. The predicted molar refractivity (Wildman–Crippen MR) is 43.9 cm³/mol. The molecule has 2 heteroatoms. The molecule has 0 saturated carbocycles. The van der Waals surface area contributed by atoms with Gasteiger partial charge in [-0.25, -0.2) is 0 Å². The fraction of sp³-hybridized carbons (Fsp3) is 1.00. The van der Waals surface area contributed by atoms with Crippen LogP contribution in [0.15, 0.2) is 0 Å². The Labute approximate surface area is 61.8 Å². The number of rotatable bonds is 4. The van der Waals surface area contributed by atoms with Crippen LogP contribution >= 0.6 is 11.8 Å². The van der Waals surface area contributed by atoms with Crippen LogP contribution in [-0.2, 0) is 0 Å². The highest BCUT2D eigenvalue weighted by Gasteiger charge is 2.01. The van der Waals surface area contributed by atoms with Gasteiger partial charge < -0.3 is 5.11 Å². The summed E-state index contributed by atoms with van der Waals surface area (Å²) in [6.07, 6.45) is 0.775. The molecule has 0 bridgehead atoms. The Kier molecular flexibility index (Phi) is 5.30. The standard InChI is InChI=1S/C7H16OS/c1-4-7(8)5-9-6(2)3/h6-8H,4-5H2,1-3H3/t7-/m1/s1. The van der Waals surface area contributed by atoms with Gasteiger partial charge in [0.05, 0.1) is 6.10 Å². The minimum absolute atomic E-state index is 0.0996. The number of aliphatic hydroxyl groups is 1. The largest absolute Gasteiger partial charge is 0.392 e. The maximum Gasteiger partial charge on any atom is 0.0628 e. The smallest absolute Gasteiger partial charge is 0.0628 e. The molecule has 56 valence electrons.